The first-order valence-electron chi connectivity index (χ1n) is 13.3. The van der Waals surface area contributed by atoms with Crippen LogP contribution >= 0.6 is 0 Å². The molecular weight excluding hydrogens is 476 g/mol. The molecule has 3 heterocycles. The van der Waals surface area contributed by atoms with E-state index in [2.05, 4.69) is 31.5 Å². The monoisotopic (exact) mass is 512 g/mol. The van der Waals surface area contributed by atoms with E-state index in [0.29, 0.717) is 24.8 Å². The van der Waals surface area contributed by atoms with Gasteiger partial charge in [0.1, 0.15) is 11.6 Å². The van der Waals surface area contributed by atoms with Gasteiger partial charge >= 0.3 is 0 Å². The van der Waals surface area contributed by atoms with Crippen LogP contribution in [0.4, 0.5) is 11.5 Å². The van der Waals surface area contributed by atoms with Crippen molar-refractivity contribution in [2.75, 3.05) is 56.2 Å². The zero-order chi connectivity index (χ0) is 26.6. The van der Waals surface area contributed by atoms with Crippen LogP contribution < -0.4 is 14.5 Å². The molecule has 2 aromatic carbocycles. The van der Waals surface area contributed by atoms with E-state index in [-0.39, 0.29) is 5.91 Å². The van der Waals surface area contributed by atoms with Gasteiger partial charge < -0.3 is 14.2 Å². The summed E-state index contributed by atoms with van der Waals surface area (Å²) in [5.74, 6) is 1.86. The van der Waals surface area contributed by atoms with E-state index >= 15 is 0 Å². The lowest BCUT2D eigenvalue weighted by molar-refractivity contribution is 0.0977. The van der Waals surface area contributed by atoms with E-state index in [1.54, 1.807) is 11.9 Å². The number of imidazole rings is 1. The number of benzene rings is 2. The molecule has 0 saturated carbocycles. The lowest BCUT2D eigenvalue weighted by atomic mass is 10.2. The van der Waals surface area contributed by atoms with Crippen molar-refractivity contribution in [3.8, 4) is 5.75 Å². The standard InChI is InChI=1S/C30H36N6O2/c1-5-38-27-13-9-8-12-26(27)35-17-14-34(15-18-35)16-19-36-25-11-7-6-10-24(25)32-29(36)30(37)33(4)28-21-22(2)20-23(3)31-28/h6-13,20-21H,5,14-19H2,1-4H3. The van der Waals surface area contributed by atoms with E-state index in [1.807, 2.05) is 69.3 Å². The maximum absolute atomic E-state index is 13.7. The fraction of sp³-hybridized carbons (Fsp3) is 0.367. The highest BCUT2D eigenvalue weighted by Crippen LogP contribution is 2.29. The molecule has 1 aliphatic heterocycles. The first kappa shape index (κ1) is 25.7. The third-order valence-corrected chi connectivity index (χ3v) is 7.10. The molecule has 0 unspecified atom stereocenters. The average Bonchev–Trinajstić information content (AvgIpc) is 3.30. The maximum Gasteiger partial charge on any atom is 0.295 e. The number of anilines is 2. The summed E-state index contributed by atoms with van der Waals surface area (Å²) in [7, 11) is 1.77. The van der Waals surface area contributed by atoms with E-state index < -0.39 is 0 Å². The molecule has 0 atom stereocenters. The summed E-state index contributed by atoms with van der Waals surface area (Å²) >= 11 is 0. The van der Waals surface area contributed by atoms with Crippen LogP contribution in [0.2, 0.25) is 0 Å². The molecule has 0 bridgehead atoms. The van der Waals surface area contributed by atoms with Crippen molar-refractivity contribution in [3.05, 3.63) is 77.7 Å². The maximum atomic E-state index is 13.7. The number of rotatable bonds is 8. The lowest BCUT2D eigenvalue weighted by Crippen LogP contribution is -2.47. The highest BCUT2D eigenvalue weighted by Gasteiger charge is 2.24. The van der Waals surface area contributed by atoms with Crippen LogP contribution in [0.25, 0.3) is 11.0 Å². The molecule has 38 heavy (non-hydrogen) atoms. The Morgan fingerprint density at radius 2 is 1.68 bits per heavy atom. The second kappa shape index (κ2) is 11.2. The van der Waals surface area contributed by atoms with Crippen LogP contribution in [0, 0.1) is 13.8 Å². The number of hydrogen-bond donors (Lipinski definition) is 0. The molecule has 1 amide bonds. The van der Waals surface area contributed by atoms with E-state index in [9.17, 15) is 4.79 Å². The van der Waals surface area contributed by atoms with E-state index in [4.69, 9.17) is 9.72 Å². The quantitative estimate of drug-likeness (QED) is 0.345. The van der Waals surface area contributed by atoms with E-state index in [1.165, 1.54) is 0 Å². The van der Waals surface area contributed by atoms with Crippen LogP contribution in [-0.2, 0) is 6.54 Å². The minimum Gasteiger partial charge on any atom is -0.492 e. The number of fused-ring (bicyclic) bond motifs is 1. The number of hydrogen-bond acceptors (Lipinski definition) is 6. The normalized spacial score (nSPS) is 14.2. The molecule has 8 nitrogen and oxygen atoms in total. The molecule has 1 fully saturated rings. The predicted octanol–water partition coefficient (Wildman–Crippen LogP) is 4.55. The number of ether oxygens (including phenoxy) is 1. The van der Waals surface area contributed by atoms with Gasteiger partial charge in [0.25, 0.3) is 5.91 Å². The molecule has 8 heteroatoms. The van der Waals surface area contributed by atoms with Gasteiger partial charge in [-0.1, -0.05) is 24.3 Å². The number of aryl methyl sites for hydroxylation is 2. The van der Waals surface area contributed by atoms with Crippen molar-refractivity contribution >= 4 is 28.4 Å². The number of carbonyl (C=O) groups is 1. The number of aromatic nitrogens is 3. The fourth-order valence-electron chi connectivity index (χ4n) is 5.16. The summed E-state index contributed by atoms with van der Waals surface area (Å²) in [6.07, 6.45) is 0. The second-order valence-electron chi connectivity index (χ2n) is 9.81. The lowest BCUT2D eigenvalue weighted by Gasteiger charge is -2.36. The fourth-order valence-corrected chi connectivity index (χ4v) is 5.16. The van der Waals surface area contributed by atoms with Crippen molar-refractivity contribution in [1.82, 2.24) is 19.4 Å². The Bertz CT molecular complexity index is 1400. The molecule has 5 rings (SSSR count). The largest absolute Gasteiger partial charge is 0.492 e. The van der Waals surface area contributed by atoms with Crippen molar-refractivity contribution in [2.45, 2.75) is 27.3 Å². The number of para-hydroxylation sites is 4. The van der Waals surface area contributed by atoms with Gasteiger partial charge in [0, 0.05) is 52.0 Å². The van der Waals surface area contributed by atoms with Gasteiger partial charge in [0.15, 0.2) is 0 Å². The summed E-state index contributed by atoms with van der Waals surface area (Å²) in [5, 5.41) is 0. The number of carbonyl (C=O) groups excluding carboxylic acids is 1. The zero-order valence-electron chi connectivity index (χ0n) is 22.7. The highest BCUT2D eigenvalue weighted by molar-refractivity contribution is 6.04. The molecule has 4 aromatic rings. The number of amides is 1. The Balaban J connectivity index is 1.31. The smallest absolute Gasteiger partial charge is 0.295 e. The summed E-state index contributed by atoms with van der Waals surface area (Å²) in [6, 6.07) is 20.2. The Morgan fingerprint density at radius 1 is 0.947 bits per heavy atom. The van der Waals surface area contributed by atoms with Crippen LogP contribution in [0.1, 0.15) is 28.8 Å². The van der Waals surface area contributed by atoms with Gasteiger partial charge in [-0.2, -0.15) is 0 Å². The summed E-state index contributed by atoms with van der Waals surface area (Å²) in [4.78, 5) is 29.5. The number of piperazine rings is 1. The van der Waals surface area contributed by atoms with E-state index in [0.717, 1.165) is 66.5 Å². The van der Waals surface area contributed by atoms with Crippen LogP contribution in [0.5, 0.6) is 5.75 Å². The van der Waals surface area contributed by atoms with Gasteiger partial charge in [-0.25, -0.2) is 9.97 Å². The molecule has 0 spiro atoms. The summed E-state index contributed by atoms with van der Waals surface area (Å²) in [5.41, 5.74) is 4.92. The van der Waals surface area contributed by atoms with Crippen molar-refractivity contribution in [2.24, 2.45) is 0 Å². The average molecular weight is 513 g/mol. The molecular formula is C30H36N6O2. The first-order valence-corrected chi connectivity index (χ1v) is 13.3. The molecule has 0 radical (unpaired) electrons. The summed E-state index contributed by atoms with van der Waals surface area (Å²) in [6.45, 7) is 11.9. The zero-order valence-corrected chi connectivity index (χ0v) is 22.7. The highest BCUT2D eigenvalue weighted by atomic mass is 16.5. The predicted molar refractivity (Wildman–Crippen MR) is 152 cm³/mol. The van der Waals surface area contributed by atoms with Gasteiger partial charge in [-0.15, -0.1) is 0 Å². The minimum absolute atomic E-state index is 0.156. The second-order valence-corrected chi connectivity index (χ2v) is 9.81. The van der Waals surface area contributed by atoms with Crippen LogP contribution in [-0.4, -0.2) is 71.7 Å². The molecule has 1 saturated heterocycles. The Morgan fingerprint density at radius 3 is 2.45 bits per heavy atom. The van der Waals surface area contributed by atoms with Crippen LogP contribution in [0.15, 0.2) is 60.7 Å². The van der Waals surface area contributed by atoms with Gasteiger partial charge in [0.2, 0.25) is 5.82 Å². The Labute approximate surface area is 224 Å². The van der Waals surface area contributed by atoms with Crippen molar-refractivity contribution < 1.29 is 9.53 Å². The molecule has 1 aliphatic rings. The Kier molecular flexibility index (Phi) is 7.60. The first-order chi connectivity index (χ1) is 18.4. The number of pyridine rings is 1. The van der Waals surface area contributed by atoms with Crippen LogP contribution in [0.3, 0.4) is 0 Å². The van der Waals surface area contributed by atoms with Gasteiger partial charge in [-0.3, -0.25) is 14.6 Å². The van der Waals surface area contributed by atoms with Gasteiger partial charge in [-0.05, 0) is 62.7 Å². The third kappa shape index (κ3) is 5.36. The number of nitrogens with zero attached hydrogens (tertiary/aromatic N) is 6. The topological polar surface area (TPSA) is 66.7 Å². The molecule has 0 aliphatic carbocycles. The SMILES string of the molecule is CCOc1ccccc1N1CCN(CCn2c(C(=O)N(C)c3cc(C)cc(C)n3)nc3ccccc32)CC1. The molecule has 198 valence electrons. The van der Waals surface area contributed by atoms with Crippen molar-refractivity contribution in [3.63, 3.8) is 0 Å². The Hall–Kier alpha value is -3.91. The summed E-state index contributed by atoms with van der Waals surface area (Å²) < 4.78 is 7.91. The molecule has 2 aromatic heterocycles. The molecule has 0 N–H and O–H groups in total. The van der Waals surface area contributed by atoms with Crippen molar-refractivity contribution in [1.29, 1.82) is 0 Å². The van der Waals surface area contributed by atoms with Gasteiger partial charge in [0.05, 0.1) is 23.3 Å². The third-order valence-electron chi connectivity index (χ3n) is 7.10. The minimum atomic E-state index is -0.156.